The van der Waals surface area contributed by atoms with E-state index in [1.54, 1.807) is 12.1 Å². The van der Waals surface area contributed by atoms with E-state index in [-0.39, 0.29) is 17.6 Å². The number of carbonyl (C=O) groups is 1. The third kappa shape index (κ3) is 2.29. The lowest BCUT2D eigenvalue weighted by Gasteiger charge is -2.20. The molecule has 1 aliphatic heterocycles. The highest BCUT2D eigenvalue weighted by atomic mass is 32.1. The summed E-state index contributed by atoms with van der Waals surface area (Å²) in [6.07, 6.45) is 2.09. The van der Waals surface area contributed by atoms with Crippen molar-refractivity contribution in [2.45, 2.75) is 32.7 Å². The first-order valence-corrected chi connectivity index (χ1v) is 7.79. The molecule has 110 valence electrons. The fourth-order valence-corrected chi connectivity index (χ4v) is 4.04. The fourth-order valence-electron chi connectivity index (χ4n) is 2.89. The minimum Gasteiger partial charge on any atom is -0.335 e. The van der Waals surface area contributed by atoms with Gasteiger partial charge < -0.3 is 4.90 Å². The van der Waals surface area contributed by atoms with Crippen LogP contribution >= 0.6 is 11.3 Å². The van der Waals surface area contributed by atoms with Gasteiger partial charge in [-0.15, -0.1) is 11.3 Å². The van der Waals surface area contributed by atoms with Crippen LogP contribution in [-0.4, -0.2) is 28.3 Å². The number of non-ortho nitro benzene ring substituents is 1. The summed E-state index contributed by atoms with van der Waals surface area (Å²) < 4.78 is 0.924. The average molecular weight is 304 g/mol. The molecule has 3 rings (SSSR count). The van der Waals surface area contributed by atoms with Gasteiger partial charge in [0.1, 0.15) is 0 Å². The van der Waals surface area contributed by atoms with E-state index in [0.717, 1.165) is 35.0 Å². The van der Waals surface area contributed by atoms with Crippen LogP contribution in [0.1, 0.15) is 35.0 Å². The molecule has 1 amide bonds. The molecule has 6 heteroatoms. The topological polar surface area (TPSA) is 63.5 Å². The van der Waals surface area contributed by atoms with Crippen molar-refractivity contribution in [1.29, 1.82) is 0 Å². The van der Waals surface area contributed by atoms with Gasteiger partial charge in [0.15, 0.2) is 0 Å². The summed E-state index contributed by atoms with van der Waals surface area (Å²) in [6.45, 7) is 4.74. The maximum atomic E-state index is 12.7. The van der Waals surface area contributed by atoms with Gasteiger partial charge >= 0.3 is 0 Å². The maximum absolute atomic E-state index is 12.7. The van der Waals surface area contributed by atoms with Crippen molar-refractivity contribution in [3.05, 3.63) is 38.8 Å². The van der Waals surface area contributed by atoms with Crippen molar-refractivity contribution < 1.29 is 9.72 Å². The van der Waals surface area contributed by atoms with Crippen LogP contribution in [0.5, 0.6) is 0 Å². The summed E-state index contributed by atoms with van der Waals surface area (Å²) in [6, 6.07) is 5.06. The average Bonchev–Trinajstić information content (AvgIpc) is 3.02. The first-order valence-electron chi connectivity index (χ1n) is 6.97. The minimum absolute atomic E-state index is 0.0568. The quantitative estimate of drug-likeness (QED) is 0.627. The minimum atomic E-state index is -0.402. The van der Waals surface area contributed by atoms with Gasteiger partial charge in [0.25, 0.3) is 11.6 Å². The standard InChI is InChI=1S/C15H16N2O3S/c1-9-4-3-7-16(9)15(18)14-10(2)12-8-11(17(19)20)5-6-13(12)21-14/h5-6,8-9H,3-4,7H2,1-2H3. The zero-order chi connectivity index (χ0) is 15.1. The van der Waals surface area contributed by atoms with E-state index in [4.69, 9.17) is 0 Å². The van der Waals surface area contributed by atoms with Gasteiger partial charge in [-0.05, 0) is 38.3 Å². The summed E-state index contributed by atoms with van der Waals surface area (Å²) in [4.78, 5) is 25.8. The van der Waals surface area contributed by atoms with Crippen LogP contribution in [0.2, 0.25) is 0 Å². The monoisotopic (exact) mass is 304 g/mol. The lowest BCUT2D eigenvalue weighted by Crippen LogP contribution is -2.33. The number of hydrogen-bond donors (Lipinski definition) is 0. The maximum Gasteiger partial charge on any atom is 0.270 e. The molecule has 0 radical (unpaired) electrons. The Morgan fingerprint density at radius 3 is 2.86 bits per heavy atom. The lowest BCUT2D eigenvalue weighted by atomic mass is 10.1. The van der Waals surface area contributed by atoms with Crippen molar-refractivity contribution >= 4 is 33.0 Å². The number of amides is 1. The summed E-state index contributed by atoms with van der Waals surface area (Å²) >= 11 is 1.43. The molecular formula is C15H16N2O3S. The molecule has 1 saturated heterocycles. The molecule has 0 N–H and O–H groups in total. The van der Waals surface area contributed by atoms with Gasteiger partial charge in [0, 0.05) is 34.8 Å². The molecule has 1 aromatic heterocycles. The largest absolute Gasteiger partial charge is 0.335 e. The molecule has 2 heterocycles. The molecule has 0 spiro atoms. The summed E-state index contributed by atoms with van der Waals surface area (Å²) in [5.74, 6) is 0.0568. The molecule has 1 unspecified atom stereocenters. The highest BCUT2D eigenvalue weighted by molar-refractivity contribution is 7.21. The Morgan fingerprint density at radius 2 is 2.24 bits per heavy atom. The van der Waals surface area contributed by atoms with Crippen LogP contribution < -0.4 is 0 Å². The Balaban J connectivity index is 2.05. The van der Waals surface area contributed by atoms with Crippen molar-refractivity contribution in [1.82, 2.24) is 4.90 Å². The second-order valence-corrected chi connectivity index (χ2v) is 6.54. The van der Waals surface area contributed by atoms with E-state index in [2.05, 4.69) is 6.92 Å². The summed E-state index contributed by atoms with van der Waals surface area (Å²) in [7, 11) is 0. The van der Waals surface area contributed by atoms with Crippen LogP contribution in [0.15, 0.2) is 18.2 Å². The molecule has 5 nitrogen and oxygen atoms in total. The molecule has 1 atom stereocenters. The van der Waals surface area contributed by atoms with E-state index in [0.29, 0.717) is 4.88 Å². The molecule has 0 saturated carbocycles. The van der Waals surface area contributed by atoms with E-state index in [1.807, 2.05) is 11.8 Å². The molecule has 21 heavy (non-hydrogen) atoms. The third-order valence-corrected chi connectivity index (χ3v) is 5.40. The van der Waals surface area contributed by atoms with Gasteiger partial charge in [0.2, 0.25) is 0 Å². The van der Waals surface area contributed by atoms with Crippen LogP contribution in [-0.2, 0) is 0 Å². The highest BCUT2D eigenvalue weighted by Gasteiger charge is 2.28. The number of nitrogens with zero attached hydrogens (tertiary/aromatic N) is 2. The Kier molecular flexibility index (Phi) is 3.41. The van der Waals surface area contributed by atoms with E-state index in [1.165, 1.54) is 17.4 Å². The SMILES string of the molecule is Cc1c(C(=O)N2CCCC2C)sc2ccc([N+](=O)[O-])cc12. The Morgan fingerprint density at radius 1 is 1.48 bits per heavy atom. The zero-order valence-electron chi connectivity index (χ0n) is 12.0. The number of nitro groups is 1. The van der Waals surface area contributed by atoms with Crippen molar-refractivity contribution in [2.24, 2.45) is 0 Å². The smallest absolute Gasteiger partial charge is 0.270 e. The fraction of sp³-hybridized carbons (Fsp3) is 0.400. The second-order valence-electron chi connectivity index (χ2n) is 5.48. The van der Waals surface area contributed by atoms with Crippen molar-refractivity contribution in [3.8, 4) is 0 Å². The zero-order valence-corrected chi connectivity index (χ0v) is 12.8. The second kappa shape index (κ2) is 5.11. The van der Waals surface area contributed by atoms with Crippen LogP contribution in [0, 0.1) is 17.0 Å². The van der Waals surface area contributed by atoms with Crippen molar-refractivity contribution in [2.75, 3.05) is 6.54 Å². The number of thiophene rings is 1. The predicted octanol–water partition coefficient (Wildman–Crippen LogP) is 3.74. The summed E-state index contributed by atoms with van der Waals surface area (Å²) in [5.41, 5.74) is 0.916. The molecule has 0 aliphatic carbocycles. The van der Waals surface area contributed by atoms with Gasteiger partial charge in [-0.25, -0.2) is 0 Å². The first-order chi connectivity index (χ1) is 9.99. The molecule has 1 aromatic carbocycles. The molecule has 1 fully saturated rings. The van der Waals surface area contributed by atoms with Gasteiger partial charge in [-0.1, -0.05) is 0 Å². The summed E-state index contributed by atoms with van der Waals surface area (Å²) in [5, 5.41) is 11.7. The van der Waals surface area contributed by atoms with E-state index >= 15 is 0 Å². The predicted molar refractivity (Wildman–Crippen MR) is 82.9 cm³/mol. The number of fused-ring (bicyclic) bond motifs is 1. The number of nitro benzene ring substituents is 1. The molecule has 1 aliphatic rings. The number of rotatable bonds is 2. The van der Waals surface area contributed by atoms with Crippen LogP contribution in [0.3, 0.4) is 0 Å². The molecule has 2 aromatic rings. The van der Waals surface area contributed by atoms with Gasteiger partial charge in [0.05, 0.1) is 9.80 Å². The number of likely N-dealkylation sites (tertiary alicyclic amines) is 1. The number of carbonyl (C=O) groups excluding carboxylic acids is 1. The molecule has 0 bridgehead atoms. The Bertz CT molecular complexity index is 738. The Labute approximate surface area is 126 Å². The number of aryl methyl sites for hydroxylation is 1. The van der Waals surface area contributed by atoms with Crippen molar-refractivity contribution in [3.63, 3.8) is 0 Å². The van der Waals surface area contributed by atoms with Gasteiger partial charge in [-0.2, -0.15) is 0 Å². The molecular weight excluding hydrogens is 288 g/mol. The normalized spacial score (nSPS) is 18.4. The highest BCUT2D eigenvalue weighted by Crippen LogP contribution is 2.35. The lowest BCUT2D eigenvalue weighted by molar-refractivity contribution is -0.384. The van der Waals surface area contributed by atoms with Crippen LogP contribution in [0.4, 0.5) is 5.69 Å². The first kappa shape index (κ1) is 14.0. The Hall–Kier alpha value is -1.95. The third-order valence-electron chi connectivity index (χ3n) is 4.14. The van der Waals surface area contributed by atoms with E-state index < -0.39 is 4.92 Å². The van der Waals surface area contributed by atoms with E-state index in [9.17, 15) is 14.9 Å². The van der Waals surface area contributed by atoms with Crippen LogP contribution in [0.25, 0.3) is 10.1 Å². The number of hydrogen-bond acceptors (Lipinski definition) is 4. The number of benzene rings is 1. The van der Waals surface area contributed by atoms with Gasteiger partial charge in [-0.3, -0.25) is 14.9 Å².